The van der Waals surface area contributed by atoms with Crippen molar-refractivity contribution < 1.29 is 14.6 Å². The highest BCUT2D eigenvalue weighted by Gasteiger charge is 2.21. The molecule has 5 nitrogen and oxygen atoms in total. The van der Waals surface area contributed by atoms with Crippen molar-refractivity contribution in [1.82, 2.24) is 0 Å². The quantitative estimate of drug-likeness (QED) is 0.217. The smallest absolute Gasteiger partial charge is 0.0962 e. The number of aliphatic hydroxyl groups excluding tert-OH is 1. The predicted molar refractivity (Wildman–Crippen MR) is 149 cm³/mol. The molecule has 36 heavy (non-hydrogen) atoms. The molecular formula is C31H48N2O3-2. The van der Waals surface area contributed by atoms with Gasteiger partial charge in [0, 0.05) is 13.0 Å². The van der Waals surface area contributed by atoms with Crippen molar-refractivity contribution in [3.63, 3.8) is 0 Å². The predicted octanol–water partition coefficient (Wildman–Crippen LogP) is 8.74. The van der Waals surface area contributed by atoms with E-state index in [4.69, 9.17) is 26.0 Å². The average Bonchev–Trinajstić information content (AvgIpc) is 2.91. The molecule has 3 aliphatic rings. The minimum atomic E-state index is -0.775. The minimum Gasteiger partial charge on any atom is -0.652 e. The van der Waals surface area contributed by atoms with Crippen LogP contribution in [0.25, 0.3) is 11.5 Å². The number of hydrogen-bond acceptors (Lipinski definition) is 3. The van der Waals surface area contributed by atoms with Crippen LogP contribution in [0.15, 0.2) is 58.9 Å². The molecule has 5 heteroatoms. The first-order valence-corrected chi connectivity index (χ1v) is 14.4. The molecular weight excluding hydrogens is 448 g/mol. The standard InChI is InChI=1S/C31H48N2O3/c1-2-3-6-9-24-10-12-25(13-11-24)26-14-16-27(17-15-26)30(32)36-31(33)28-18-20-29(21-19-28)35-23-8-5-4-7-22-34/h10,12-14,18,20,24,27,30-34H,2-9,11,15-17,19,21-23H2,1H3/q-2. The van der Waals surface area contributed by atoms with Crippen LogP contribution in [0.5, 0.6) is 0 Å². The topological polar surface area (TPSA) is 86.3 Å². The van der Waals surface area contributed by atoms with E-state index in [1.54, 1.807) is 0 Å². The Kier molecular flexibility index (Phi) is 13.0. The van der Waals surface area contributed by atoms with Crippen LogP contribution in [0, 0.1) is 11.8 Å². The monoisotopic (exact) mass is 496 g/mol. The molecule has 0 aliphatic heterocycles. The van der Waals surface area contributed by atoms with Crippen LogP contribution in [-0.2, 0) is 9.47 Å². The SMILES string of the molecule is CCCCCC1C=CC(C2=CCC(C([NH-])OC([NH-])C3=CC=C(OCCCCCCO)CC3)CC2)=CC1. The lowest BCUT2D eigenvalue weighted by Gasteiger charge is -2.39. The van der Waals surface area contributed by atoms with E-state index in [0.29, 0.717) is 12.5 Å². The van der Waals surface area contributed by atoms with E-state index in [2.05, 4.69) is 31.2 Å². The molecule has 0 fully saturated rings. The highest BCUT2D eigenvalue weighted by atomic mass is 16.5. The maximum absolute atomic E-state index is 8.83. The fraction of sp³-hybridized carbons (Fsp3) is 0.677. The zero-order chi connectivity index (χ0) is 25.6. The highest BCUT2D eigenvalue weighted by Crippen LogP contribution is 2.35. The lowest BCUT2D eigenvalue weighted by molar-refractivity contribution is 0.0194. The number of unbranched alkanes of at least 4 members (excludes halogenated alkanes) is 5. The van der Waals surface area contributed by atoms with E-state index < -0.39 is 12.5 Å². The third kappa shape index (κ3) is 9.66. The van der Waals surface area contributed by atoms with Gasteiger partial charge in [0.2, 0.25) is 0 Å². The Balaban J connectivity index is 1.38. The van der Waals surface area contributed by atoms with Crippen LogP contribution in [0.2, 0.25) is 0 Å². The molecule has 0 spiro atoms. The van der Waals surface area contributed by atoms with Crippen LogP contribution in [0.4, 0.5) is 0 Å². The Bertz CT molecular complexity index is 811. The van der Waals surface area contributed by atoms with Gasteiger partial charge in [-0.2, -0.15) is 0 Å². The van der Waals surface area contributed by atoms with Gasteiger partial charge in [-0.1, -0.05) is 68.6 Å². The molecule has 0 radical (unpaired) electrons. The van der Waals surface area contributed by atoms with Crippen LogP contribution >= 0.6 is 0 Å². The zero-order valence-corrected chi connectivity index (χ0v) is 22.4. The number of nitrogens with one attached hydrogen (secondary N) is 2. The molecule has 0 aromatic rings. The number of rotatable bonds is 16. The fourth-order valence-corrected chi connectivity index (χ4v) is 5.25. The van der Waals surface area contributed by atoms with E-state index >= 15 is 0 Å². The third-order valence-electron chi connectivity index (χ3n) is 7.72. The fourth-order valence-electron chi connectivity index (χ4n) is 5.25. The van der Waals surface area contributed by atoms with Gasteiger partial charge in [-0.3, -0.25) is 0 Å². The molecule has 0 heterocycles. The van der Waals surface area contributed by atoms with Gasteiger partial charge in [0.15, 0.2) is 0 Å². The van der Waals surface area contributed by atoms with Crippen LogP contribution in [0.1, 0.15) is 96.8 Å². The van der Waals surface area contributed by atoms with Gasteiger partial charge < -0.3 is 26.0 Å². The molecule has 3 rings (SSSR count). The number of aliphatic hydroxyl groups is 1. The van der Waals surface area contributed by atoms with Crippen LogP contribution < -0.4 is 0 Å². The second-order valence-corrected chi connectivity index (χ2v) is 10.6. The molecule has 0 bridgehead atoms. The van der Waals surface area contributed by atoms with Crippen LogP contribution in [-0.4, -0.2) is 30.8 Å². The van der Waals surface area contributed by atoms with Gasteiger partial charge in [-0.25, -0.2) is 0 Å². The van der Waals surface area contributed by atoms with Crippen molar-refractivity contribution in [1.29, 1.82) is 0 Å². The summed E-state index contributed by atoms with van der Waals surface area (Å²) in [5, 5.41) is 8.83. The van der Waals surface area contributed by atoms with Gasteiger partial charge in [-0.15, -0.1) is 0 Å². The van der Waals surface area contributed by atoms with Gasteiger partial charge >= 0.3 is 0 Å². The first-order valence-electron chi connectivity index (χ1n) is 14.4. The molecule has 4 atom stereocenters. The summed E-state index contributed by atoms with van der Waals surface area (Å²) in [7, 11) is 0. The summed E-state index contributed by atoms with van der Waals surface area (Å²) in [4.78, 5) is 0. The van der Waals surface area contributed by atoms with Crippen molar-refractivity contribution in [3.8, 4) is 0 Å². The number of ether oxygens (including phenoxy) is 2. The normalized spacial score (nSPS) is 23.9. The van der Waals surface area contributed by atoms with Gasteiger partial charge in [0.05, 0.1) is 12.4 Å². The van der Waals surface area contributed by atoms with E-state index in [9.17, 15) is 0 Å². The van der Waals surface area contributed by atoms with Gasteiger partial charge in [-0.05, 0) is 99.3 Å². The van der Waals surface area contributed by atoms with E-state index in [1.165, 1.54) is 36.8 Å². The Hall–Kier alpha value is -1.66. The van der Waals surface area contributed by atoms with Gasteiger partial charge in [0.25, 0.3) is 0 Å². The van der Waals surface area contributed by atoms with E-state index in [1.807, 2.05) is 12.2 Å². The third-order valence-corrected chi connectivity index (χ3v) is 7.72. The summed E-state index contributed by atoms with van der Waals surface area (Å²) in [6, 6.07) is 0. The molecule has 4 unspecified atom stereocenters. The largest absolute Gasteiger partial charge is 0.652 e. The zero-order valence-electron chi connectivity index (χ0n) is 22.4. The molecule has 0 saturated carbocycles. The second kappa shape index (κ2) is 16.2. The van der Waals surface area contributed by atoms with Crippen molar-refractivity contribution >= 4 is 0 Å². The summed E-state index contributed by atoms with van der Waals surface area (Å²) in [5.41, 5.74) is 20.7. The summed E-state index contributed by atoms with van der Waals surface area (Å²) < 4.78 is 11.7. The van der Waals surface area contributed by atoms with Gasteiger partial charge in [0.1, 0.15) is 0 Å². The summed E-state index contributed by atoms with van der Waals surface area (Å²) in [6.07, 6.45) is 26.7. The Morgan fingerprint density at radius 1 is 0.972 bits per heavy atom. The summed E-state index contributed by atoms with van der Waals surface area (Å²) in [6.45, 7) is 3.23. The highest BCUT2D eigenvalue weighted by molar-refractivity contribution is 5.42. The van der Waals surface area contributed by atoms with Crippen LogP contribution in [0.3, 0.4) is 0 Å². The molecule has 0 aromatic carbocycles. The molecule has 0 saturated heterocycles. The maximum atomic E-state index is 8.83. The second-order valence-electron chi connectivity index (χ2n) is 10.6. The maximum Gasteiger partial charge on any atom is 0.0962 e. The first kappa shape index (κ1) is 28.9. The Morgan fingerprint density at radius 3 is 2.50 bits per heavy atom. The summed E-state index contributed by atoms with van der Waals surface area (Å²) in [5.74, 6) is 1.83. The number of hydrogen-bond donors (Lipinski definition) is 1. The number of allylic oxidation sites excluding steroid dienone is 9. The molecule has 0 aromatic heterocycles. The average molecular weight is 497 g/mol. The van der Waals surface area contributed by atoms with Crippen molar-refractivity contribution in [3.05, 3.63) is 70.4 Å². The minimum absolute atomic E-state index is 0.154. The van der Waals surface area contributed by atoms with Crippen molar-refractivity contribution in [2.45, 2.75) is 109 Å². The Morgan fingerprint density at radius 2 is 1.83 bits per heavy atom. The van der Waals surface area contributed by atoms with E-state index in [0.717, 1.165) is 75.5 Å². The lowest BCUT2D eigenvalue weighted by atomic mass is 9.82. The van der Waals surface area contributed by atoms with Crippen molar-refractivity contribution in [2.75, 3.05) is 13.2 Å². The molecule has 202 valence electrons. The Labute approximate surface area is 219 Å². The first-order chi connectivity index (χ1) is 17.6. The molecule has 3 N–H and O–H groups in total. The lowest BCUT2D eigenvalue weighted by Crippen LogP contribution is -2.27. The van der Waals surface area contributed by atoms with E-state index in [-0.39, 0.29) is 12.5 Å². The summed E-state index contributed by atoms with van der Waals surface area (Å²) >= 11 is 0. The van der Waals surface area contributed by atoms with Crippen molar-refractivity contribution in [2.24, 2.45) is 11.8 Å². The molecule has 0 amide bonds. The molecule has 3 aliphatic carbocycles.